The van der Waals surface area contributed by atoms with Gasteiger partial charge in [0.05, 0.1) is 6.26 Å². The van der Waals surface area contributed by atoms with Gasteiger partial charge in [-0.15, -0.1) is 0 Å². The van der Waals surface area contributed by atoms with Crippen LogP contribution < -0.4 is 10.1 Å². The number of benzene rings is 2. The fourth-order valence-corrected chi connectivity index (χ4v) is 2.56. The average Bonchev–Trinajstić information content (AvgIpc) is 3.42. The smallest absolute Gasteiger partial charge is 0.287 e. The number of para-hydroxylation sites is 1. The van der Waals surface area contributed by atoms with Crippen molar-refractivity contribution in [2.75, 3.05) is 0 Å². The normalized spacial score (nSPS) is 11.8. The largest absolute Gasteiger partial charge is 0.459 e. The maximum atomic E-state index is 12.0. The lowest BCUT2D eigenvalue weighted by atomic mass is 10.2. The van der Waals surface area contributed by atoms with E-state index in [2.05, 4.69) is 15.5 Å². The number of hydrogen-bond donors (Lipinski definition) is 1. The second-order valence-corrected chi connectivity index (χ2v) is 6.07. The van der Waals surface area contributed by atoms with Gasteiger partial charge in [0.1, 0.15) is 17.5 Å². The molecule has 0 aliphatic carbocycles. The molecule has 2 aromatic carbocycles. The van der Waals surface area contributed by atoms with Gasteiger partial charge in [0.25, 0.3) is 5.91 Å². The molecule has 140 valence electrons. The summed E-state index contributed by atoms with van der Waals surface area (Å²) in [5.41, 5.74) is 0.778. The topological polar surface area (TPSA) is 90.4 Å². The van der Waals surface area contributed by atoms with Crippen molar-refractivity contribution in [1.29, 1.82) is 0 Å². The molecule has 0 aliphatic rings. The first kappa shape index (κ1) is 17.5. The predicted octanol–water partition coefficient (Wildman–Crippen LogP) is 4.61. The Morgan fingerprint density at radius 3 is 2.46 bits per heavy atom. The highest BCUT2D eigenvalue weighted by molar-refractivity contribution is 5.91. The molecule has 2 aromatic heterocycles. The third-order valence-electron chi connectivity index (χ3n) is 4.00. The van der Waals surface area contributed by atoms with E-state index in [9.17, 15) is 4.79 Å². The van der Waals surface area contributed by atoms with Gasteiger partial charge in [0.15, 0.2) is 5.76 Å². The van der Waals surface area contributed by atoms with Gasteiger partial charge in [-0.25, -0.2) is 0 Å². The minimum absolute atomic E-state index is 0.223. The maximum Gasteiger partial charge on any atom is 0.287 e. The second-order valence-electron chi connectivity index (χ2n) is 6.07. The van der Waals surface area contributed by atoms with E-state index in [0.717, 1.165) is 11.3 Å². The molecule has 28 heavy (non-hydrogen) atoms. The third-order valence-corrected chi connectivity index (χ3v) is 4.00. The summed E-state index contributed by atoms with van der Waals surface area (Å²) < 4.78 is 16.1. The molecule has 0 aliphatic heterocycles. The zero-order valence-electron chi connectivity index (χ0n) is 15.0. The summed E-state index contributed by atoms with van der Waals surface area (Å²) in [6.07, 6.45) is 1.44. The number of rotatable bonds is 6. The molecule has 0 saturated carbocycles. The average molecular weight is 375 g/mol. The van der Waals surface area contributed by atoms with Crippen LogP contribution in [0.1, 0.15) is 29.4 Å². The second kappa shape index (κ2) is 7.79. The van der Waals surface area contributed by atoms with Crippen LogP contribution >= 0.6 is 0 Å². The van der Waals surface area contributed by atoms with Gasteiger partial charge in [-0.2, -0.15) is 4.98 Å². The van der Waals surface area contributed by atoms with Gasteiger partial charge < -0.3 is 19.0 Å². The van der Waals surface area contributed by atoms with E-state index in [0.29, 0.717) is 17.5 Å². The number of hydrogen-bond acceptors (Lipinski definition) is 6. The molecular formula is C21H17N3O4. The molecule has 0 radical (unpaired) electrons. The number of aromatic nitrogens is 2. The minimum atomic E-state index is -0.459. The summed E-state index contributed by atoms with van der Waals surface area (Å²) in [6.45, 7) is 1.76. The number of furan rings is 1. The van der Waals surface area contributed by atoms with E-state index in [1.165, 1.54) is 6.26 Å². The maximum absolute atomic E-state index is 12.0. The molecule has 0 bridgehead atoms. The van der Waals surface area contributed by atoms with Gasteiger partial charge >= 0.3 is 0 Å². The van der Waals surface area contributed by atoms with E-state index in [4.69, 9.17) is 13.7 Å². The summed E-state index contributed by atoms with van der Waals surface area (Å²) in [7, 11) is 0. The van der Waals surface area contributed by atoms with Crippen molar-refractivity contribution in [3.63, 3.8) is 0 Å². The highest BCUT2D eigenvalue weighted by atomic mass is 16.5. The van der Waals surface area contributed by atoms with Crippen molar-refractivity contribution in [3.05, 3.63) is 84.6 Å². The van der Waals surface area contributed by atoms with Crippen LogP contribution in [0, 0.1) is 0 Å². The van der Waals surface area contributed by atoms with Crippen LogP contribution in [0.2, 0.25) is 0 Å². The van der Waals surface area contributed by atoms with Gasteiger partial charge in [0, 0.05) is 5.56 Å². The number of carbonyl (C=O) groups excluding carboxylic acids is 1. The lowest BCUT2D eigenvalue weighted by molar-refractivity contribution is 0.0904. The molecule has 1 N–H and O–H groups in total. The van der Waals surface area contributed by atoms with Crippen molar-refractivity contribution in [3.8, 4) is 22.9 Å². The summed E-state index contributed by atoms with van der Waals surface area (Å²) >= 11 is 0. The molecule has 2 heterocycles. The van der Waals surface area contributed by atoms with Crippen LogP contribution in [0.3, 0.4) is 0 Å². The van der Waals surface area contributed by atoms with Crippen molar-refractivity contribution in [2.45, 2.75) is 13.0 Å². The highest BCUT2D eigenvalue weighted by Gasteiger charge is 2.19. The van der Waals surface area contributed by atoms with Crippen molar-refractivity contribution in [1.82, 2.24) is 15.5 Å². The van der Waals surface area contributed by atoms with Crippen LogP contribution in [0.25, 0.3) is 11.4 Å². The molecule has 7 heteroatoms. The van der Waals surface area contributed by atoms with E-state index in [1.54, 1.807) is 19.1 Å². The molecule has 4 rings (SSSR count). The summed E-state index contributed by atoms with van der Waals surface area (Å²) in [4.78, 5) is 16.4. The van der Waals surface area contributed by atoms with Crippen molar-refractivity contribution in [2.24, 2.45) is 0 Å². The Bertz CT molecular complexity index is 1040. The Hall–Kier alpha value is -3.87. The molecule has 4 aromatic rings. The van der Waals surface area contributed by atoms with E-state index in [-0.39, 0.29) is 11.7 Å². The molecule has 7 nitrogen and oxygen atoms in total. The Balaban J connectivity index is 1.43. The van der Waals surface area contributed by atoms with Crippen LogP contribution in [0.4, 0.5) is 0 Å². The Kier molecular flexibility index (Phi) is 4.88. The molecule has 0 fully saturated rings. The third kappa shape index (κ3) is 3.93. The predicted molar refractivity (Wildman–Crippen MR) is 101 cm³/mol. The lowest BCUT2D eigenvalue weighted by Crippen LogP contribution is -2.26. The summed E-state index contributed by atoms with van der Waals surface area (Å²) in [6, 6.07) is 19.7. The fourth-order valence-electron chi connectivity index (χ4n) is 2.56. The number of nitrogens with one attached hydrogen (secondary N) is 1. The molecule has 1 amide bonds. The minimum Gasteiger partial charge on any atom is -0.459 e. The zero-order chi connectivity index (χ0) is 19.3. The van der Waals surface area contributed by atoms with Crippen LogP contribution in [-0.2, 0) is 0 Å². The quantitative estimate of drug-likeness (QED) is 0.529. The van der Waals surface area contributed by atoms with E-state index >= 15 is 0 Å². The summed E-state index contributed by atoms with van der Waals surface area (Å²) in [5, 5.41) is 6.74. The molecule has 1 atom stereocenters. The Morgan fingerprint density at radius 2 is 1.75 bits per heavy atom. The van der Waals surface area contributed by atoms with Gasteiger partial charge in [-0.1, -0.05) is 23.4 Å². The van der Waals surface area contributed by atoms with Gasteiger partial charge in [-0.05, 0) is 55.5 Å². The molecular weight excluding hydrogens is 358 g/mol. The molecule has 0 saturated heterocycles. The first-order valence-electron chi connectivity index (χ1n) is 8.70. The Labute approximate surface area is 161 Å². The number of nitrogens with zero attached hydrogens (tertiary/aromatic N) is 2. The van der Waals surface area contributed by atoms with E-state index in [1.807, 2.05) is 54.6 Å². The first-order valence-corrected chi connectivity index (χ1v) is 8.70. The monoisotopic (exact) mass is 375 g/mol. The summed E-state index contributed by atoms with van der Waals surface area (Å²) in [5.74, 6) is 2.08. The van der Waals surface area contributed by atoms with Gasteiger partial charge in [0.2, 0.25) is 11.7 Å². The lowest BCUT2D eigenvalue weighted by Gasteiger charge is -2.07. The zero-order valence-corrected chi connectivity index (χ0v) is 15.0. The fraction of sp³-hybridized carbons (Fsp3) is 0.0952. The van der Waals surface area contributed by atoms with Crippen LogP contribution in [-0.4, -0.2) is 16.0 Å². The number of carbonyl (C=O) groups is 1. The first-order chi connectivity index (χ1) is 13.7. The standard InChI is InChI=1S/C21H17N3O4/c1-14(22-20(25)18-8-5-13-26-18)21-23-19(24-28-21)15-9-11-17(12-10-15)27-16-6-3-2-4-7-16/h2-14H,1H3,(H,22,25)/t14-/m1/s1. The van der Waals surface area contributed by atoms with Crippen molar-refractivity contribution < 1.29 is 18.5 Å². The number of ether oxygens (including phenoxy) is 1. The molecule has 0 spiro atoms. The SMILES string of the molecule is C[C@@H](NC(=O)c1ccco1)c1nc(-c2ccc(Oc3ccccc3)cc2)no1. The van der Waals surface area contributed by atoms with E-state index < -0.39 is 6.04 Å². The number of amides is 1. The highest BCUT2D eigenvalue weighted by Crippen LogP contribution is 2.25. The van der Waals surface area contributed by atoms with Crippen LogP contribution in [0.15, 0.2) is 81.9 Å². The Morgan fingerprint density at radius 1 is 1.00 bits per heavy atom. The van der Waals surface area contributed by atoms with Gasteiger partial charge in [-0.3, -0.25) is 4.79 Å². The molecule has 0 unspecified atom stereocenters. The van der Waals surface area contributed by atoms with Crippen molar-refractivity contribution >= 4 is 5.91 Å². The van der Waals surface area contributed by atoms with Crippen LogP contribution in [0.5, 0.6) is 11.5 Å².